The number of anilines is 1. The van der Waals surface area contributed by atoms with E-state index < -0.39 is 10.5 Å². The summed E-state index contributed by atoms with van der Waals surface area (Å²) in [5.74, 6) is -0.425. The molecule has 0 saturated heterocycles. The fourth-order valence-corrected chi connectivity index (χ4v) is 1.38. The molecular weight excluding hydrogens is 305 g/mol. The molecule has 0 heterocycles. The molecule has 0 atom stereocenters. The molecule has 0 radical (unpaired) electrons. The number of halogens is 2. The van der Waals surface area contributed by atoms with Crippen LogP contribution in [-0.2, 0) is 15.3 Å². The summed E-state index contributed by atoms with van der Waals surface area (Å²) in [4.78, 5) is 10.9. The Labute approximate surface area is 100 Å². The molecule has 0 aliphatic carbocycles. The third-order valence-corrected chi connectivity index (χ3v) is 2.36. The molecule has 0 aliphatic rings. The van der Waals surface area contributed by atoms with Gasteiger partial charge in [-0.3, -0.25) is 4.79 Å². The molecule has 0 spiro atoms. The van der Waals surface area contributed by atoms with Gasteiger partial charge in [0.25, 0.3) is 0 Å². The van der Waals surface area contributed by atoms with Gasteiger partial charge in [-0.05, 0) is 24.3 Å². The van der Waals surface area contributed by atoms with E-state index in [1.165, 1.54) is 24.3 Å². The van der Waals surface area contributed by atoms with E-state index in [1.54, 1.807) is 0 Å². The van der Waals surface area contributed by atoms with Gasteiger partial charge in [0.15, 0.2) is 0 Å². The van der Waals surface area contributed by atoms with Gasteiger partial charge in [0, 0.05) is 5.69 Å². The first kappa shape index (κ1) is 12.9. The fraction of sp³-hybridized carbons (Fsp3) is 0.125. The Morgan fingerprint density at radius 2 is 1.94 bits per heavy atom. The van der Waals surface area contributed by atoms with Crippen LogP contribution in [0.15, 0.2) is 24.3 Å². The van der Waals surface area contributed by atoms with Crippen molar-refractivity contribution in [2.45, 2.75) is 0 Å². The van der Waals surface area contributed by atoms with E-state index in [1.807, 2.05) is 0 Å². The predicted molar refractivity (Wildman–Crippen MR) is 59.5 cm³/mol. The normalized spacial score (nSPS) is 10.9. The van der Waals surface area contributed by atoms with Crippen LogP contribution in [0, 0.1) is 0 Å². The standard InChI is InChI=1S/C8H7BrFNO4S/c9-5-8(12)11-6-1-3-7(4-2-6)15-16(10,13)14/h1-4H,5H2,(H,11,12). The Morgan fingerprint density at radius 3 is 2.38 bits per heavy atom. The number of hydrogen-bond donors (Lipinski definition) is 1. The van der Waals surface area contributed by atoms with Gasteiger partial charge in [-0.25, -0.2) is 0 Å². The highest BCUT2D eigenvalue weighted by atomic mass is 79.9. The van der Waals surface area contributed by atoms with Gasteiger partial charge in [0.1, 0.15) is 5.75 Å². The van der Waals surface area contributed by atoms with Gasteiger partial charge >= 0.3 is 10.5 Å². The summed E-state index contributed by atoms with van der Waals surface area (Å²) in [5.41, 5.74) is 0.452. The van der Waals surface area contributed by atoms with Crippen LogP contribution in [0.2, 0.25) is 0 Å². The van der Waals surface area contributed by atoms with Crippen LogP contribution in [0.4, 0.5) is 9.57 Å². The van der Waals surface area contributed by atoms with E-state index in [0.717, 1.165) is 0 Å². The van der Waals surface area contributed by atoms with Crippen molar-refractivity contribution in [3.63, 3.8) is 0 Å². The lowest BCUT2D eigenvalue weighted by Gasteiger charge is -2.04. The van der Waals surface area contributed by atoms with Crippen molar-refractivity contribution in [1.29, 1.82) is 0 Å². The lowest BCUT2D eigenvalue weighted by molar-refractivity contribution is -0.113. The average Bonchev–Trinajstić information content (AvgIpc) is 2.18. The Balaban J connectivity index is 2.72. The summed E-state index contributed by atoms with van der Waals surface area (Å²) >= 11 is 2.96. The third-order valence-electron chi connectivity index (χ3n) is 1.46. The van der Waals surface area contributed by atoms with E-state index in [2.05, 4.69) is 25.4 Å². The number of carbonyl (C=O) groups excluding carboxylic acids is 1. The Hall–Kier alpha value is -1.15. The average molecular weight is 312 g/mol. The number of nitrogens with one attached hydrogen (secondary N) is 1. The first-order valence-corrected chi connectivity index (χ1v) is 6.43. The highest BCUT2D eigenvalue weighted by molar-refractivity contribution is 9.09. The number of benzene rings is 1. The number of alkyl halides is 1. The number of amides is 1. The van der Waals surface area contributed by atoms with Gasteiger partial charge in [0.2, 0.25) is 5.91 Å². The molecule has 8 heteroatoms. The molecule has 0 saturated carbocycles. The molecule has 1 N–H and O–H groups in total. The van der Waals surface area contributed by atoms with E-state index in [0.29, 0.717) is 5.69 Å². The van der Waals surface area contributed by atoms with Crippen molar-refractivity contribution in [3.05, 3.63) is 24.3 Å². The third kappa shape index (κ3) is 4.58. The van der Waals surface area contributed by atoms with Crippen LogP contribution in [-0.4, -0.2) is 19.7 Å². The van der Waals surface area contributed by atoms with Crippen LogP contribution in [0.5, 0.6) is 5.75 Å². The number of rotatable bonds is 4. The molecule has 0 aliphatic heterocycles. The monoisotopic (exact) mass is 311 g/mol. The van der Waals surface area contributed by atoms with Gasteiger partial charge in [-0.1, -0.05) is 19.8 Å². The van der Waals surface area contributed by atoms with Gasteiger partial charge in [-0.2, -0.15) is 8.42 Å². The molecule has 1 amide bonds. The van der Waals surface area contributed by atoms with Crippen LogP contribution in [0.1, 0.15) is 0 Å². The fourth-order valence-electron chi connectivity index (χ4n) is 0.903. The molecule has 0 aromatic heterocycles. The van der Waals surface area contributed by atoms with Crippen molar-refractivity contribution in [3.8, 4) is 5.75 Å². The zero-order valence-corrected chi connectivity index (χ0v) is 10.2. The molecule has 1 aromatic rings. The first-order valence-electron chi connectivity index (χ1n) is 4.00. The summed E-state index contributed by atoms with van der Waals surface area (Å²) in [5, 5.41) is 2.64. The topological polar surface area (TPSA) is 72.5 Å². The number of carbonyl (C=O) groups is 1. The van der Waals surface area contributed by atoms with Crippen LogP contribution in [0.3, 0.4) is 0 Å². The highest BCUT2D eigenvalue weighted by Crippen LogP contribution is 2.17. The lowest BCUT2D eigenvalue weighted by Crippen LogP contribution is -2.12. The van der Waals surface area contributed by atoms with Crippen molar-refractivity contribution in [1.82, 2.24) is 0 Å². The van der Waals surface area contributed by atoms with Crippen molar-refractivity contribution >= 4 is 38.0 Å². The molecule has 0 bridgehead atoms. The summed E-state index contributed by atoms with van der Waals surface area (Å²) in [6, 6.07) is 5.23. The van der Waals surface area contributed by atoms with Crippen LogP contribution in [0.25, 0.3) is 0 Å². The van der Waals surface area contributed by atoms with Crippen LogP contribution >= 0.6 is 15.9 Å². The molecule has 1 aromatic carbocycles. The van der Waals surface area contributed by atoms with Crippen LogP contribution < -0.4 is 9.50 Å². The zero-order chi connectivity index (χ0) is 12.2. The maximum absolute atomic E-state index is 12.1. The van der Waals surface area contributed by atoms with E-state index in [9.17, 15) is 17.1 Å². The molecule has 1 rings (SSSR count). The molecular formula is C8H7BrFNO4S. The molecule has 5 nitrogen and oxygen atoms in total. The van der Waals surface area contributed by atoms with Crippen molar-refractivity contribution < 1.29 is 21.3 Å². The molecule has 0 unspecified atom stereocenters. The minimum absolute atomic E-state index is 0.143. The highest BCUT2D eigenvalue weighted by Gasteiger charge is 2.09. The predicted octanol–water partition coefficient (Wildman–Crippen LogP) is 1.61. The minimum Gasteiger partial charge on any atom is -0.358 e. The first-order chi connectivity index (χ1) is 7.40. The van der Waals surface area contributed by atoms with E-state index in [4.69, 9.17) is 0 Å². The number of hydrogen-bond acceptors (Lipinski definition) is 4. The SMILES string of the molecule is O=C(CBr)Nc1ccc(OS(=O)(=O)F)cc1. The largest absolute Gasteiger partial charge is 0.488 e. The minimum atomic E-state index is -5.01. The summed E-state index contributed by atoms with van der Waals surface area (Å²) in [6.07, 6.45) is 0. The zero-order valence-electron chi connectivity index (χ0n) is 7.81. The molecule has 16 heavy (non-hydrogen) atoms. The second-order valence-corrected chi connectivity index (χ2v) is 4.20. The summed E-state index contributed by atoms with van der Waals surface area (Å²) in [7, 11) is -5.01. The maximum Gasteiger partial charge on any atom is 0.488 e. The van der Waals surface area contributed by atoms with Gasteiger partial charge in [0.05, 0.1) is 5.33 Å². The van der Waals surface area contributed by atoms with Gasteiger partial charge in [-0.15, -0.1) is 0 Å². The second kappa shape index (κ2) is 5.26. The molecule has 88 valence electrons. The Morgan fingerprint density at radius 1 is 1.38 bits per heavy atom. The maximum atomic E-state index is 12.1. The van der Waals surface area contributed by atoms with Crippen molar-refractivity contribution in [2.24, 2.45) is 0 Å². The molecule has 0 fully saturated rings. The second-order valence-electron chi connectivity index (χ2n) is 2.68. The quantitative estimate of drug-likeness (QED) is 0.677. The van der Waals surface area contributed by atoms with Gasteiger partial charge < -0.3 is 9.50 Å². The summed E-state index contributed by atoms with van der Waals surface area (Å²) in [6.45, 7) is 0. The van der Waals surface area contributed by atoms with E-state index in [-0.39, 0.29) is 17.0 Å². The smallest absolute Gasteiger partial charge is 0.358 e. The lowest BCUT2D eigenvalue weighted by atomic mass is 10.3. The Bertz CT molecular complexity index is 473. The van der Waals surface area contributed by atoms with Crippen molar-refractivity contribution in [2.75, 3.05) is 10.6 Å². The Kier molecular flexibility index (Phi) is 4.25. The van der Waals surface area contributed by atoms with E-state index >= 15 is 0 Å². The summed E-state index contributed by atoms with van der Waals surface area (Å²) < 4.78 is 36.4.